The van der Waals surface area contributed by atoms with Gasteiger partial charge in [-0.15, -0.1) is 0 Å². The van der Waals surface area contributed by atoms with E-state index in [2.05, 4.69) is 51.2 Å². The number of aromatic nitrogens is 1. The van der Waals surface area contributed by atoms with Crippen molar-refractivity contribution in [3.63, 3.8) is 0 Å². The fourth-order valence-corrected chi connectivity index (χ4v) is 4.70. The zero-order valence-electron chi connectivity index (χ0n) is 15.5. The predicted octanol–water partition coefficient (Wildman–Crippen LogP) is 3.27. The van der Waals surface area contributed by atoms with Crippen LogP contribution in [0.25, 0.3) is 0 Å². The van der Waals surface area contributed by atoms with Crippen molar-refractivity contribution >= 4 is 5.91 Å². The number of hydrogen-bond donors (Lipinski definition) is 0. The molecule has 1 aromatic heterocycles. The van der Waals surface area contributed by atoms with E-state index in [-0.39, 0.29) is 11.3 Å². The van der Waals surface area contributed by atoms with E-state index in [1.54, 1.807) is 6.92 Å². The summed E-state index contributed by atoms with van der Waals surface area (Å²) in [7, 11) is 0. The molecule has 2 aromatic rings. The van der Waals surface area contributed by atoms with E-state index in [0.717, 1.165) is 39.1 Å². The molecule has 0 N–H and O–H groups in total. The molecule has 2 aliphatic rings. The zero-order valence-corrected chi connectivity index (χ0v) is 15.5. The Morgan fingerprint density at radius 1 is 1.12 bits per heavy atom. The molecule has 26 heavy (non-hydrogen) atoms. The molecular weight excluding hydrogens is 322 g/mol. The summed E-state index contributed by atoms with van der Waals surface area (Å²) in [6, 6.07) is 12.9. The Balaban J connectivity index is 1.59. The van der Waals surface area contributed by atoms with Crippen molar-refractivity contribution in [2.45, 2.75) is 39.3 Å². The molecule has 1 amide bonds. The van der Waals surface area contributed by atoms with Crippen LogP contribution in [-0.4, -0.2) is 40.3 Å². The quantitative estimate of drug-likeness (QED) is 0.835. The maximum Gasteiger partial charge on any atom is 0.219 e. The van der Waals surface area contributed by atoms with Gasteiger partial charge in [-0.05, 0) is 54.6 Å². The summed E-state index contributed by atoms with van der Waals surface area (Å²) in [6.45, 7) is 6.46. The molecule has 3 heterocycles. The number of fused-ring (bicyclic) bond motifs is 1. The first-order valence-electron chi connectivity index (χ1n) is 9.57. The Labute approximate surface area is 155 Å². The Bertz CT molecular complexity index is 776. The highest BCUT2D eigenvalue weighted by molar-refractivity contribution is 5.73. The predicted molar refractivity (Wildman–Crippen MR) is 102 cm³/mol. The molecule has 0 radical (unpaired) electrons. The van der Waals surface area contributed by atoms with E-state index in [9.17, 15) is 4.79 Å². The normalized spacial score (nSPS) is 23.5. The minimum Gasteiger partial charge on any atom is -0.338 e. The van der Waals surface area contributed by atoms with Crippen LogP contribution in [0.5, 0.6) is 0 Å². The Hall–Kier alpha value is -2.20. The molecule has 0 bridgehead atoms. The van der Waals surface area contributed by atoms with Crippen molar-refractivity contribution in [3.05, 3.63) is 65.5 Å². The number of amides is 1. The maximum atomic E-state index is 12.3. The first-order valence-corrected chi connectivity index (χ1v) is 9.57. The molecule has 136 valence electrons. The van der Waals surface area contributed by atoms with Gasteiger partial charge < -0.3 is 4.90 Å². The standard InChI is InChI=1S/C22H27N3O/c1-18(26)25-15-21-6-3-2-5-20(21)13-22(17-25)9-4-12-24(16-22)14-19-7-10-23-11-8-19/h2-3,5-8,10-11H,4,9,12-17H2,1H3. The van der Waals surface area contributed by atoms with Gasteiger partial charge in [-0.3, -0.25) is 14.7 Å². The molecule has 2 aliphatic heterocycles. The molecular formula is C22H27N3O. The van der Waals surface area contributed by atoms with Gasteiger partial charge in [0.05, 0.1) is 0 Å². The maximum absolute atomic E-state index is 12.3. The fraction of sp³-hybridized carbons (Fsp3) is 0.455. The van der Waals surface area contributed by atoms with Crippen LogP contribution in [0.15, 0.2) is 48.8 Å². The lowest BCUT2D eigenvalue weighted by Gasteiger charge is -2.44. The van der Waals surface area contributed by atoms with Crippen molar-refractivity contribution in [1.29, 1.82) is 0 Å². The molecule has 0 aliphatic carbocycles. The van der Waals surface area contributed by atoms with Gasteiger partial charge in [0.1, 0.15) is 0 Å². The van der Waals surface area contributed by atoms with Crippen molar-refractivity contribution < 1.29 is 4.79 Å². The van der Waals surface area contributed by atoms with E-state index in [1.165, 1.54) is 29.5 Å². The number of rotatable bonds is 2. The second-order valence-corrected chi connectivity index (χ2v) is 7.99. The van der Waals surface area contributed by atoms with Crippen molar-refractivity contribution in [2.75, 3.05) is 19.6 Å². The Morgan fingerprint density at radius 2 is 1.88 bits per heavy atom. The lowest BCUT2D eigenvalue weighted by Crippen LogP contribution is -2.49. The van der Waals surface area contributed by atoms with E-state index >= 15 is 0 Å². The highest BCUT2D eigenvalue weighted by atomic mass is 16.2. The summed E-state index contributed by atoms with van der Waals surface area (Å²) in [5.41, 5.74) is 4.20. The van der Waals surface area contributed by atoms with Crippen LogP contribution in [0.4, 0.5) is 0 Å². The summed E-state index contributed by atoms with van der Waals surface area (Å²) in [5, 5.41) is 0. The Kier molecular flexibility index (Phi) is 4.77. The highest BCUT2D eigenvalue weighted by Crippen LogP contribution is 2.38. The minimum absolute atomic E-state index is 0.156. The lowest BCUT2D eigenvalue weighted by molar-refractivity contribution is -0.131. The van der Waals surface area contributed by atoms with Gasteiger partial charge >= 0.3 is 0 Å². The van der Waals surface area contributed by atoms with Crippen LogP contribution in [-0.2, 0) is 24.3 Å². The van der Waals surface area contributed by atoms with Crippen LogP contribution < -0.4 is 0 Å². The minimum atomic E-state index is 0.156. The molecule has 4 nitrogen and oxygen atoms in total. The van der Waals surface area contributed by atoms with Gasteiger partial charge in [-0.2, -0.15) is 0 Å². The number of likely N-dealkylation sites (tertiary alicyclic amines) is 1. The van der Waals surface area contributed by atoms with Crippen molar-refractivity contribution in [3.8, 4) is 0 Å². The number of hydrogen-bond acceptors (Lipinski definition) is 3. The monoisotopic (exact) mass is 349 g/mol. The van der Waals surface area contributed by atoms with Crippen LogP contribution in [0, 0.1) is 5.41 Å². The van der Waals surface area contributed by atoms with E-state index in [0.29, 0.717) is 0 Å². The van der Waals surface area contributed by atoms with Crippen molar-refractivity contribution in [2.24, 2.45) is 5.41 Å². The summed E-state index contributed by atoms with van der Waals surface area (Å²) in [4.78, 5) is 21.0. The largest absolute Gasteiger partial charge is 0.338 e. The molecule has 4 rings (SSSR count). The average molecular weight is 349 g/mol. The fourth-order valence-electron chi connectivity index (χ4n) is 4.70. The first-order chi connectivity index (χ1) is 12.6. The molecule has 1 spiro atoms. The summed E-state index contributed by atoms with van der Waals surface area (Å²) in [6.07, 6.45) is 7.19. The molecule has 1 saturated heterocycles. The number of carbonyl (C=O) groups is 1. The average Bonchev–Trinajstić information content (AvgIpc) is 2.79. The molecule has 4 heteroatoms. The van der Waals surface area contributed by atoms with Crippen LogP contribution in [0.1, 0.15) is 36.5 Å². The van der Waals surface area contributed by atoms with Gasteiger partial charge in [-0.1, -0.05) is 24.3 Å². The third kappa shape index (κ3) is 3.65. The topological polar surface area (TPSA) is 36.4 Å². The number of benzene rings is 1. The van der Waals surface area contributed by atoms with Crippen LogP contribution in [0.2, 0.25) is 0 Å². The molecule has 1 fully saturated rings. The van der Waals surface area contributed by atoms with Gasteiger partial charge in [0, 0.05) is 50.9 Å². The van der Waals surface area contributed by atoms with Gasteiger partial charge in [0.25, 0.3) is 0 Å². The number of nitrogens with zero attached hydrogens (tertiary/aromatic N) is 3. The number of pyridine rings is 1. The summed E-state index contributed by atoms with van der Waals surface area (Å²) in [5.74, 6) is 0.187. The number of carbonyl (C=O) groups excluding carboxylic acids is 1. The van der Waals surface area contributed by atoms with Crippen LogP contribution in [0.3, 0.4) is 0 Å². The molecule has 1 atom stereocenters. The third-order valence-electron chi connectivity index (χ3n) is 5.91. The molecule has 1 aromatic carbocycles. The lowest BCUT2D eigenvalue weighted by atomic mass is 9.74. The summed E-state index contributed by atoms with van der Waals surface area (Å²) < 4.78 is 0. The molecule has 1 unspecified atom stereocenters. The van der Waals surface area contributed by atoms with Crippen LogP contribution >= 0.6 is 0 Å². The van der Waals surface area contributed by atoms with E-state index in [4.69, 9.17) is 0 Å². The second kappa shape index (κ2) is 7.20. The third-order valence-corrected chi connectivity index (χ3v) is 5.91. The molecule has 0 saturated carbocycles. The van der Waals surface area contributed by atoms with Gasteiger partial charge in [-0.25, -0.2) is 0 Å². The SMILES string of the molecule is CC(=O)N1Cc2ccccc2CC2(CCCN(Cc3ccncc3)C2)C1. The summed E-state index contributed by atoms with van der Waals surface area (Å²) >= 11 is 0. The van der Waals surface area contributed by atoms with E-state index < -0.39 is 0 Å². The smallest absolute Gasteiger partial charge is 0.219 e. The zero-order chi connectivity index (χ0) is 18.0. The van der Waals surface area contributed by atoms with E-state index in [1.807, 2.05) is 12.4 Å². The Morgan fingerprint density at radius 3 is 2.65 bits per heavy atom. The van der Waals surface area contributed by atoms with Crippen molar-refractivity contribution in [1.82, 2.24) is 14.8 Å². The second-order valence-electron chi connectivity index (χ2n) is 7.99. The van der Waals surface area contributed by atoms with Gasteiger partial charge in [0.15, 0.2) is 0 Å². The number of piperidine rings is 1. The first kappa shape index (κ1) is 17.2. The highest BCUT2D eigenvalue weighted by Gasteiger charge is 2.40. The van der Waals surface area contributed by atoms with Gasteiger partial charge in [0.2, 0.25) is 5.91 Å².